The molecule has 0 saturated heterocycles. The van der Waals surface area contributed by atoms with Gasteiger partial charge in [-0.2, -0.15) is 11.8 Å². The molecule has 1 aromatic rings. The van der Waals surface area contributed by atoms with Gasteiger partial charge < -0.3 is 4.90 Å². The maximum Gasteiger partial charge on any atom is 0.167 e. The standard InChI is InChI=1S/C19H25NOS/c1-19(2)16-10-6-7-11-17(16)20(3)18(19)12-14(21)13-22-15-8-4-5-9-15/h6-7,10-12,15H,4-5,8-9,13H2,1-3H3. The first kappa shape index (κ1) is 15.7. The Balaban J connectivity index is 1.75. The minimum absolute atomic E-state index is 0.0982. The van der Waals surface area contributed by atoms with E-state index in [1.54, 1.807) is 0 Å². The van der Waals surface area contributed by atoms with Crippen LogP contribution < -0.4 is 4.90 Å². The monoisotopic (exact) mass is 315 g/mol. The van der Waals surface area contributed by atoms with Crippen molar-refractivity contribution in [3.05, 3.63) is 41.6 Å². The molecule has 0 bridgehead atoms. The van der Waals surface area contributed by atoms with Gasteiger partial charge in [0.2, 0.25) is 0 Å². The number of fused-ring (bicyclic) bond motifs is 1. The first-order valence-corrected chi connectivity index (χ1v) is 9.25. The number of carbonyl (C=O) groups is 1. The van der Waals surface area contributed by atoms with Crippen LogP contribution in [0.1, 0.15) is 45.1 Å². The molecule has 1 fully saturated rings. The van der Waals surface area contributed by atoms with Gasteiger partial charge in [0.25, 0.3) is 0 Å². The van der Waals surface area contributed by atoms with Crippen molar-refractivity contribution in [3.63, 3.8) is 0 Å². The van der Waals surface area contributed by atoms with Crippen LogP contribution in [0.5, 0.6) is 0 Å². The Bertz CT molecular complexity index is 599. The van der Waals surface area contributed by atoms with Crippen LogP contribution in [0.4, 0.5) is 5.69 Å². The number of ketones is 1. The average molecular weight is 315 g/mol. The number of benzene rings is 1. The fourth-order valence-corrected chi connectivity index (χ4v) is 4.86. The van der Waals surface area contributed by atoms with Crippen molar-refractivity contribution in [3.8, 4) is 0 Å². The van der Waals surface area contributed by atoms with E-state index in [1.165, 1.54) is 36.9 Å². The normalized spacial score (nSPS) is 22.3. The van der Waals surface area contributed by atoms with Gasteiger partial charge in [0, 0.05) is 35.2 Å². The van der Waals surface area contributed by atoms with Gasteiger partial charge in [-0.15, -0.1) is 0 Å². The molecule has 0 aromatic heterocycles. The molecule has 2 aliphatic rings. The summed E-state index contributed by atoms with van der Waals surface area (Å²) >= 11 is 1.85. The summed E-state index contributed by atoms with van der Waals surface area (Å²) in [5.74, 6) is 0.869. The summed E-state index contributed by atoms with van der Waals surface area (Å²) in [7, 11) is 2.07. The van der Waals surface area contributed by atoms with Gasteiger partial charge in [-0.25, -0.2) is 0 Å². The molecule has 0 spiro atoms. The smallest absolute Gasteiger partial charge is 0.167 e. The van der Waals surface area contributed by atoms with E-state index >= 15 is 0 Å². The molecule has 3 rings (SSSR count). The van der Waals surface area contributed by atoms with Gasteiger partial charge in [-0.3, -0.25) is 4.79 Å². The van der Waals surface area contributed by atoms with Gasteiger partial charge in [-0.1, -0.05) is 44.9 Å². The van der Waals surface area contributed by atoms with Gasteiger partial charge >= 0.3 is 0 Å². The third-order valence-electron chi connectivity index (χ3n) is 5.00. The minimum Gasteiger partial charge on any atom is -0.347 e. The number of hydrogen-bond acceptors (Lipinski definition) is 3. The molecule has 3 heteroatoms. The molecular formula is C19H25NOS. The van der Waals surface area contributed by atoms with E-state index in [0.29, 0.717) is 11.0 Å². The van der Waals surface area contributed by atoms with E-state index < -0.39 is 0 Å². The molecule has 2 nitrogen and oxygen atoms in total. The molecule has 0 N–H and O–H groups in total. The van der Waals surface area contributed by atoms with Crippen molar-refractivity contribution in [2.24, 2.45) is 0 Å². The molecule has 0 amide bonds. The Morgan fingerprint density at radius 1 is 1.32 bits per heavy atom. The van der Waals surface area contributed by atoms with E-state index in [9.17, 15) is 4.79 Å². The van der Waals surface area contributed by atoms with Crippen molar-refractivity contribution in [2.45, 2.75) is 50.2 Å². The fraction of sp³-hybridized carbons (Fsp3) is 0.526. The highest BCUT2D eigenvalue weighted by Gasteiger charge is 2.38. The second-order valence-electron chi connectivity index (χ2n) is 6.91. The lowest BCUT2D eigenvalue weighted by atomic mass is 9.83. The second-order valence-corrected chi connectivity index (χ2v) is 8.20. The summed E-state index contributed by atoms with van der Waals surface area (Å²) in [6.45, 7) is 4.41. The first-order chi connectivity index (χ1) is 10.5. The SMILES string of the molecule is CN1C(=CC(=O)CSC2CCCC2)C(C)(C)c2ccccc21. The number of likely N-dealkylation sites (N-methyl/N-ethyl adjacent to an activating group) is 1. The molecule has 1 aromatic carbocycles. The van der Waals surface area contributed by atoms with Crippen LogP contribution in [-0.4, -0.2) is 23.8 Å². The summed E-state index contributed by atoms with van der Waals surface area (Å²) < 4.78 is 0. The molecule has 0 atom stereocenters. The molecule has 118 valence electrons. The Labute approximate surface area is 138 Å². The van der Waals surface area contributed by atoms with Crippen molar-refractivity contribution >= 4 is 23.2 Å². The molecule has 1 aliphatic carbocycles. The summed E-state index contributed by atoms with van der Waals surface area (Å²) in [5, 5.41) is 0.703. The van der Waals surface area contributed by atoms with Crippen molar-refractivity contribution in [1.82, 2.24) is 0 Å². The van der Waals surface area contributed by atoms with E-state index in [-0.39, 0.29) is 11.2 Å². The molecule has 1 heterocycles. The summed E-state index contributed by atoms with van der Waals surface area (Å²) in [5.41, 5.74) is 3.54. The number of rotatable bonds is 4. The zero-order valence-corrected chi connectivity index (χ0v) is 14.6. The van der Waals surface area contributed by atoms with E-state index in [0.717, 1.165) is 5.70 Å². The quantitative estimate of drug-likeness (QED) is 0.761. The highest BCUT2D eigenvalue weighted by atomic mass is 32.2. The Morgan fingerprint density at radius 3 is 2.68 bits per heavy atom. The number of para-hydroxylation sites is 1. The number of nitrogens with zero attached hydrogens (tertiary/aromatic N) is 1. The third-order valence-corrected chi connectivity index (χ3v) is 6.40. The van der Waals surface area contributed by atoms with Crippen molar-refractivity contribution in [2.75, 3.05) is 17.7 Å². The third kappa shape index (κ3) is 2.83. The van der Waals surface area contributed by atoms with Crippen LogP contribution in [-0.2, 0) is 10.2 Å². The van der Waals surface area contributed by atoms with Gasteiger partial charge in [0.15, 0.2) is 5.78 Å². The van der Waals surface area contributed by atoms with E-state index in [2.05, 4.69) is 50.1 Å². The number of allylic oxidation sites excluding steroid dienone is 2. The average Bonchev–Trinajstić information content (AvgIpc) is 3.08. The minimum atomic E-state index is -0.0982. The molecule has 0 radical (unpaired) electrons. The maximum atomic E-state index is 12.4. The molecule has 1 aliphatic heterocycles. The lowest BCUT2D eigenvalue weighted by Crippen LogP contribution is -2.24. The van der Waals surface area contributed by atoms with E-state index in [4.69, 9.17) is 0 Å². The zero-order valence-electron chi connectivity index (χ0n) is 13.8. The largest absolute Gasteiger partial charge is 0.347 e. The van der Waals surface area contributed by atoms with Crippen LogP contribution in [0, 0.1) is 0 Å². The lowest BCUT2D eigenvalue weighted by molar-refractivity contribution is -0.112. The molecular weight excluding hydrogens is 290 g/mol. The highest BCUT2D eigenvalue weighted by molar-refractivity contribution is 8.00. The van der Waals surface area contributed by atoms with Gasteiger partial charge in [-0.05, 0) is 24.5 Å². The highest BCUT2D eigenvalue weighted by Crippen LogP contribution is 2.46. The number of hydrogen-bond donors (Lipinski definition) is 0. The maximum absolute atomic E-state index is 12.4. The Hall–Kier alpha value is -1.22. The Morgan fingerprint density at radius 2 is 2.00 bits per heavy atom. The first-order valence-electron chi connectivity index (χ1n) is 8.20. The van der Waals surface area contributed by atoms with E-state index in [1.807, 2.05) is 17.8 Å². The lowest BCUT2D eigenvalue weighted by Gasteiger charge is -2.24. The van der Waals surface area contributed by atoms with Crippen molar-refractivity contribution in [1.29, 1.82) is 0 Å². The summed E-state index contributed by atoms with van der Waals surface area (Å²) in [6, 6.07) is 8.45. The van der Waals surface area contributed by atoms with Crippen LogP contribution in [0.25, 0.3) is 0 Å². The van der Waals surface area contributed by atoms with Crippen LogP contribution in [0.3, 0.4) is 0 Å². The number of thioether (sulfide) groups is 1. The fourth-order valence-electron chi connectivity index (χ4n) is 3.71. The zero-order chi connectivity index (χ0) is 15.7. The molecule has 1 saturated carbocycles. The topological polar surface area (TPSA) is 20.3 Å². The van der Waals surface area contributed by atoms with Crippen LogP contribution >= 0.6 is 11.8 Å². The molecule has 0 unspecified atom stereocenters. The van der Waals surface area contributed by atoms with Crippen LogP contribution in [0.2, 0.25) is 0 Å². The molecule has 22 heavy (non-hydrogen) atoms. The van der Waals surface area contributed by atoms with Gasteiger partial charge in [0.05, 0.1) is 5.75 Å². The predicted octanol–water partition coefficient (Wildman–Crippen LogP) is 4.54. The van der Waals surface area contributed by atoms with Crippen molar-refractivity contribution < 1.29 is 4.79 Å². The number of carbonyl (C=O) groups excluding carboxylic acids is 1. The predicted molar refractivity (Wildman–Crippen MR) is 95.7 cm³/mol. The summed E-state index contributed by atoms with van der Waals surface area (Å²) in [4.78, 5) is 14.6. The number of anilines is 1. The van der Waals surface area contributed by atoms with Gasteiger partial charge in [0.1, 0.15) is 0 Å². The second kappa shape index (κ2) is 6.11. The van der Waals surface area contributed by atoms with Crippen LogP contribution in [0.15, 0.2) is 36.0 Å². The Kier molecular flexibility index (Phi) is 4.35. The summed E-state index contributed by atoms with van der Waals surface area (Å²) in [6.07, 6.45) is 7.11.